The Bertz CT molecular complexity index is 444. The average Bonchev–Trinajstić information content (AvgIpc) is 2.47. The Morgan fingerprint density at radius 2 is 1.93 bits per heavy atom. The van der Waals surface area contributed by atoms with Gasteiger partial charge in [-0.05, 0) is 12.1 Å². The lowest BCUT2D eigenvalue weighted by Gasteiger charge is -2.02. The highest BCUT2D eigenvalue weighted by atomic mass is 19.4. The molecule has 0 radical (unpaired) electrons. The first-order valence-corrected chi connectivity index (χ1v) is 4.08. The lowest BCUT2D eigenvalue weighted by molar-refractivity contribution is -0.695. The Kier molecular flexibility index (Phi) is 1.94. The van der Waals surface area contributed by atoms with Crippen molar-refractivity contribution in [2.24, 2.45) is 0 Å². The van der Waals surface area contributed by atoms with Crippen LogP contribution in [0.4, 0.5) is 13.2 Å². The Labute approximate surface area is 78.0 Å². The van der Waals surface area contributed by atoms with Crippen LogP contribution in [-0.2, 0) is 6.54 Å². The van der Waals surface area contributed by atoms with Gasteiger partial charge in [0.05, 0.1) is 0 Å². The summed E-state index contributed by atoms with van der Waals surface area (Å²) in [5.41, 5.74) is 1.27. The van der Waals surface area contributed by atoms with Crippen LogP contribution in [0.3, 0.4) is 0 Å². The number of benzene rings is 1. The standard InChI is InChI=1S/C9H7F3N2/c10-9(11,12)5-14-6-13-7-3-1-2-4-8(7)14/h1-4,6H,5H2/p+1. The van der Waals surface area contributed by atoms with Gasteiger partial charge in [0.1, 0.15) is 0 Å². The molecule has 0 amide bonds. The number of halogens is 3. The van der Waals surface area contributed by atoms with Gasteiger partial charge in [0.25, 0.3) is 0 Å². The van der Waals surface area contributed by atoms with Crippen molar-refractivity contribution >= 4 is 11.0 Å². The number of imidazole rings is 1. The van der Waals surface area contributed by atoms with Crippen molar-refractivity contribution in [3.05, 3.63) is 30.6 Å². The molecule has 2 aromatic rings. The molecule has 0 saturated heterocycles. The lowest BCUT2D eigenvalue weighted by Crippen LogP contribution is -2.40. The maximum Gasteiger partial charge on any atom is 0.426 e. The molecule has 1 heterocycles. The number of alkyl halides is 3. The van der Waals surface area contributed by atoms with Gasteiger partial charge in [-0.1, -0.05) is 12.1 Å². The van der Waals surface area contributed by atoms with Crippen molar-refractivity contribution in [1.82, 2.24) is 4.98 Å². The zero-order chi connectivity index (χ0) is 10.2. The zero-order valence-electron chi connectivity index (χ0n) is 7.17. The quantitative estimate of drug-likeness (QED) is 0.681. The second kappa shape index (κ2) is 3.01. The molecular weight excluding hydrogens is 193 g/mol. The van der Waals surface area contributed by atoms with Gasteiger partial charge in [-0.15, -0.1) is 0 Å². The zero-order valence-corrected chi connectivity index (χ0v) is 7.17. The van der Waals surface area contributed by atoms with Crippen LogP contribution in [0.2, 0.25) is 0 Å². The van der Waals surface area contributed by atoms with Gasteiger partial charge in [0.2, 0.25) is 6.33 Å². The summed E-state index contributed by atoms with van der Waals surface area (Å²) in [5, 5.41) is 0. The molecule has 1 aromatic heterocycles. The van der Waals surface area contributed by atoms with Gasteiger partial charge in [-0.25, -0.2) is 9.55 Å². The van der Waals surface area contributed by atoms with E-state index < -0.39 is 12.7 Å². The van der Waals surface area contributed by atoms with E-state index in [2.05, 4.69) is 4.98 Å². The first-order valence-electron chi connectivity index (χ1n) is 4.08. The SMILES string of the molecule is FC(F)(F)C[n+]1c[nH]c2ccccc21. The molecule has 0 unspecified atom stereocenters. The minimum absolute atomic E-state index is 0.560. The molecule has 5 heteroatoms. The molecule has 14 heavy (non-hydrogen) atoms. The second-order valence-corrected chi connectivity index (χ2v) is 3.03. The molecule has 0 saturated carbocycles. The number of nitrogens with zero attached hydrogens (tertiary/aromatic N) is 1. The largest absolute Gasteiger partial charge is 0.426 e. The fourth-order valence-electron chi connectivity index (χ4n) is 1.39. The van der Waals surface area contributed by atoms with Crippen LogP contribution in [0.5, 0.6) is 0 Å². The summed E-state index contributed by atoms with van der Waals surface area (Å²) in [7, 11) is 0. The van der Waals surface area contributed by atoms with Crippen molar-refractivity contribution in [3.8, 4) is 0 Å². The van der Waals surface area contributed by atoms with E-state index in [1.54, 1.807) is 24.3 Å². The molecule has 2 nitrogen and oxygen atoms in total. The number of fused-ring (bicyclic) bond motifs is 1. The Morgan fingerprint density at radius 1 is 1.21 bits per heavy atom. The third-order valence-corrected chi connectivity index (χ3v) is 1.94. The second-order valence-electron chi connectivity index (χ2n) is 3.03. The van der Waals surface area contributed by atoms with Crippen molar-refractivity contribution in [3.63, 3.8) is 0 Å². The highest BCUT2D eigenvalue weighted by molar-refractivity contribution is 5.70. The van der Waals surface area contributed by atoms with E-state index in [9.17, 15) is 13.2 Å². The fraction of sp³-hybridized carbons (Fsp3) is 0.222. The molecule has 0 aliphatic heterocycles. The van der Waals surface area contributed by atoms with E-state index in [0.29, 0.717) is 11.0 Å². The molecule has 0 spiro atoms. The molecule has 2 rings (SSSR count). The Morgan fingerprint density at radius 3 is 2.64 bits per heavy atom. The number of hydrogen-bond acceptors (Lipinski definition) is 0. The predicted octanol–water partition coefficient (Wildman–Crippen LogP) is 2.02. The molecule has 1 N–H and O–H groups in total. The van der Waals surface area contributed by atoms with Crippen LogP contribution < -0.4 is 4.57 Å². The van der Waals surface area contributed by atoms with Crippen molar-refractivity contribution in [1.29, 1.82) is 0 Å². The van der Waals surface area contributed by atoms with Crippen molar-refractivity contribution in [2.75, 3.05) is 0 Å². The van der Waals surface area contributed by atoms with Crippen LogP contribution in [0, 0.1) is 0 Å². The Balaban J connectivity index is 2.44. The lowest BCUT2D eigenvalue weighted by atomic mass is 10.3. The summed E-state index contributed by atoms with van der Waals surface area (Å²) in [5.74, 6) is 0. The number of para-hydroxylation sites is 2. The van der Waals surface area contributed by atoms with Crippen LogP contribution >= 0.6 is 0 Å². The number of nitrogens with one attached hydrogen (secondary N) is 1. The van der Waals surface area contributed by atoms with E-state index in [1.807, 2.05) is 0 Å². The number of rotatable bonds is 1. The third-order valence-electron chi connectivity index (χ3n) is 1.94. The molecule has 74 valence electrons. The summed E-state index contributed by atoms with van der Waals surface area (Å²) < 4.78 is 37.5. The highest BCUT2D eigenvalue weighted by Crippen LogP contribution is 2.15. The van der Waals surface area contributed by atoms with Gasteiger partial charge >= 0.3 is 6.18 Å². The summed E-state index contributed by atoms with van der Waals surface area (Å²) in [6.07, 6.45) is -2.85. The molecule has 0 atom stereocenters. The summed E-state index contributed by atoms with van der Waals surface area (Å²) in [6.45, 7) is -0.961. The van der Waals surface area contributed by atoms with Crippen LogP contribution in [0.15, 0.2) is 30.6 Å². The summed E-state index contributed by atoms with van der Waals surface area (Å²) in [6, 6.07) is 6.87. The topological polar surface area (TPSA) is 19.7 Å². The van der Waals surface area contributed by atoms with Gasteiger partial charge in [-0.3, -0.25) is 0 Å². The van der Waals surface area contributed by atoms with E-state index in [-0.39, 0.29) is 0 Å². The number of hydrogen-bond donors (Lipinski definition) is 1. The van der Waals surface area contributed by atoms with E-state index >= 15 is 0 Å². The maximum atomic E-state index is 12.1. The summed E-state index contributed by atoms with van der Waals surface area (Å²) >= 11 is 0. The smallest absolute Gasteiger partial charge is 0.243 e. The number of aromatic nitrogens is 2. The molecular formula is C9H8F3N2+. The third kappa shape index (κ3) is 1.71. The molecule has 0 aliphatic rings. The fourth-order valence-corrected chi connectivity index (χ4v) is 1.39. The minimum atomic E-state index is -4.18. The van der Waals surface area contributed by atoms with Crippen molar-refractivity contribution in [2.45, 2.75) is 12.7 Å². The van der Waals surface area contributed by atoms with Gasteiger partial charge in [-0.2, -0.15) is 13.2 Å². The van der Waals surface area contributed by atoms with Crippen LogP contribution in [0.25, 0.3) is 11.0 Å². The monoisotopic (exact) mass is 201 g/mol. The normalized spacial score (nSPS) is 12.2. The number of H-pyrrole nitrogens is 1. The van der Waals surface area contributed by atoms with E-state index in [4.69, 9.17) is 0 Å². The molecule has 1 aromatic carbocycles. The predicted molar refractivity (Wildman–Crippen MR) is 44.5 cm³/mol. The van der Waals surface area contributed by atoms with E-state index in [0.717, 1.165) is 4.57 Å². The van der Waals surface area contributed by atoms with Crippen LogP contribution in [-0.4, -0.2) is 11.2 Å². The first-order chi connectivity index (χ1) is 6.56. The van der Waals surface area contributed by atoms with Gasteiger partial charge in [0, 0.05) is 0 Å². The van der Waals surface area contributed by atoms with E-state index in [1.165, 1.54) is 6.33 Å². The van der Waals surface area contributed by atoms with Crippen molar-refractivity contribution < 1.29 is 17.7 Å². The number of aromatic amines is 1. The van der Waals surface area contributed by atoms with Crippen LogP contribution in [0.1, 0.15) is 0 Å². The maximum absolute atomic E-state index is 12.1. The van der Waals surface area contributed by atoms with Gasteiger partial charge < -0.3 is 0 Å². The molecule has 0 fully saturated rings. The first kappa shape index (κ1) is 9.05. The highest BCUT2D eigenvalue weighted by Gasteiger charge is 2.32. The molecule has 0 bridgehead atoms. The Hall–Kier alpha value is -1.52. The average molecular weight is 201 g/mol. The van der Waals surface area contributed by atoms with Gasteiger partial charge in [0.15, 0.2) is 17.6 Å². The summed E-state index contributed by atoms with van der Waals surface area (Å²) in [4.78, 5) is 2.77. The molecule has 0 aliphatic carbocycles. The minimum Gasteiger partial charge on any atom is -0.243 e.